The Morgan fingerprint density at radius 3 is 2.65 bits per heavy atom. The van der Waals surface area contributed by atoms with Crippen molar-refractivity contribution in [1.29, 1.82) is 0 Å². The van der Waals surface area contributed by atoms with Gasteiger partial charge in [0.05, 0.1) is 31.0 Å². The number of benzene rings is 1. The molecule has 1 aromatic carbocycles. The van der Waals surface area contributed by atoms with Crippen LogP contribution in [-0.2, 0) is 6.54 Å². The third kappa shape index (κ3) is 4.31. The van der Waals surface area contributed by atoms with Gasteiger partial charge in [0.15, 0.2) is 5.13 Å². The number of methoxy groups -OCH3 is 2. The van der Waals surface area contributed by atoms with E-state index in [2.05, 4.69) is 27.1 Å². The van der Waals surface area contributed by atoms with Gasteiger partial charge in [-0.2, -0.15) is 9.97 Å². The zero-order chi connectivity index (χ0) is 22.0. The van der Waals surface area contributed by atoms with Gasteiger partial charge in [-0.25, -0.2) is 4.98 Å². The van der Waals surface area contributed by atoms with Gasteiger partial charge in [0, 0.05) is 18.5 Å². The van der Waals surface area contributed by atoms with E-state index in [-0.39, 0.29) is 23.5 Å². The predicted octanol–water partition coefficient (Wildman–Crippen LogP) is 3.96. The molecule has 3 heterocycles. The standard InChI is InChI=1S/C22H21N5O3S/c1-13-8-14(2)19-17(9-13)31-22(26-19)27(12-15-6-5-7-23-11-15)20(28)16-10-18(29-3)25-21(24-16)30-4/h5-11H,12H2,1-4H3. The number of hydrogen-bond donors (Lipinski definition) is 0. The van der Waals surface area contributed by atoms with Crippen molar-refractivity contribution < 1.29 is 14.3 Å². The molecule has 158 valence electrons. The Morgan fingerprint density at radius 1 is 1.10 bits per heavy atom. The summed E-state index contributed by atoms with van der Waals surface area (Å²) in [6, 6.07) is 9.45. The second-order valence-electron chi connectivity index (χ2n) is 6.96. The Hall–Kier alpha value is -3.59. The minimum Gasteiger partial charge on any atom is -0.481 e. The monoisotopic (exact) mass is 435 g/mol. The van der Waals surface area contributed by atoms with Gasteiger partial charge in [0.1, 0.15) is 5.69 Å². The van der Waals surface area contributed by atoms with E-state index in [1.165, 1.54) is 31.6 Å². The molecule has 0 spiro atoms. The van der Waals surface area contributed by atoms with Crippen LogP contribution in [0.15, 0.2) is 42.7 Å². The normalized spacial score (nSPS) is 10.8. The summed E-state index contributed by atoms with van der Waals surface area (Å²) in [5.41, 5.74) is 4.12. The highest BCUT2D eigenvalue weighted by atomic mass is 32.1. The molecule has 3 aromatic heterocycles. The Morgan fingerprint density at radius 2 is 1.94 bits per heavy atom. The van der Waals surface area contributed by atoms with Gasteiger partial charge >= 0.3 is 6.01 Å². The van der Waals surface area contributed by atoms with Crippen molar-refractivity contribution in [3.05, 3.63) is 65.1 Å². The predicted molar refractivity (Wildman–Crippen MR) is 119 cm³/mol. The van der Waals surface area contributed by atoms with E-state index in [4.69, 9.17) is 14.5 Å². The molecule has 0 bridgehead atoms. The first kappa shape index (κ1) is 20.7. The van der Waals surface area contributed by atoms with E-state index in [1.54, 1.807) is 17.3 Å². The van der Waals surface area contributed by atoms with E-state index in [0.29, 0.717) is 11.7 Å². The van der Waals surface area contributed by atoms with Crippen LogP contribution in [0.2, 0.25) is 0 Å². The first-order valence-electron chi connectivity index (χ1n) is 9.54. The molecule has 0 atom stereocenters. The maximum atomic E-state index is 13.6. The SMILES string of the molecule is COc1cc(C(=O)N(Cc2cccnc2)c2nc3c(C)cc(C)cc3s2)nc(OC)n1. The zero-order valence-corrected chi connectivity index (χ0v) is 18.4. The van der Waals surface area contributed by atoms with E-state index in [1.807, 2.05) is 26.0 Å². The fourth-order valence-corrected chi connectivity index (χ4v) is 4.36. The summed E-state index contributed by atoms with van der Waals surface area (Å²) in [4.78, 5) is 32.4. The summed E-state index contributed by atoms with van der Waals surface area (Å²) in [6.45, 7) is 4.36. The first-order valence-corrected chi connectivity index (χ1v) is 10.4. The summed E-state index contributed by atoms with van der Waals surface area (Å²) in [6.07, 6.45) is 3.42. The van der Waals surface area contributed by atoms with Crippen LogP contribution in [0.1, 0.15) is 27.2 Å². The first-order chi connectivity index (χ1) is 15.0. The Kier molecular flexibility index (Phi) is 5.77. The van der Waals surface area contributed by atoms with Crippen LogP contribution < -0.4 is 14.4 Å². The Bertz CT molecular complexity index is 1220. The largest absolute Gasteiger partial charge is 0.481 e. The van der Waals surface area contributed by atoms with Crippen LogP contribution in [0.3, 0.4) is 0 Å². The van der Waals surface area contributed by atoms with Crippen molar-refractivity contribution >= 4 is 32.6 Å². The van der Waals surface area contributed by atoms with Gasteiger partial charge in [0.25, 0.3) is 5.91 Å². The third-order valence-corrected chi connectivity index (χ3v) is 5.68. The second kappa shape index (κ2) is 8.65. The van der Waals surface area contributed by atoms with Crippen molar-refractivity contribution in [3.63, 3.8) is 0 Å². The zero-order valence-electron chi connectivity index (χ0n) is 17.6. The lowest BCUT2D eigenvalue weighted by Crippen LogP contribution is -2.31. The molecule has 0 aliphatic carbocycles. The highest BCUT2D eigenvalue weighted by Crippen LogP contribution is 2.33. The van der Waals surface area contributed by atoms with Gasteiger partial charge in [-0.3, -0.25) is 14.7 Å². The molecule has 0 aliphatic heterocycles. The summed E-state index contributed by atoms with van der Waals surface area (Å²) < 4.78 is 11.4. The maximum Gasteiger partial charge on any atom is 0.320 e. The van der Waals surface area contributed by atoms with Gasteiger partial charge < -0.3 is 9.47 Å². The number of thiazole rings is 1. The molecule has 0 saturated heterocycles. The van der Waals surface area contributed by atoms with Crippen LogP contribution in [0.4, 0.5) is 5.13 Å². The number of carbonyl (C=O) groups excluding carboxylic acids is 1. The molecular weight excluding hydrogens is 414 g/mol. The molecule has 0 aliphatic rings. The summed E-state index contributed by atoms with van der Waals surface area (Å²) in [5, 5.41) is 0.578. The number of anilines is 1. The van der Waals surface area contributed by atoms with Crippen molar-refractivity contribution in [2.75, 3.05) is 19.1 Å². The van der Waals surface area contributed by atoms with Crippen molar-refractivity contribution in [2.45, 2.75) is 20.4 Å². The van der Waals surface area contributed by atoms with E-state index < -0.39 is 0 Å². The van der Waals surface area contributed by atoms with Crippen molar-refractivity contribution in [2.24, 2.45) is 0 Å². The van der Waals surface area contributed by atoms with Gasteiger partial charge in [-0.05, 0) is 42.7 Å². The lowest BCUT2D eigenvalue weighted by molar-refractivity contribution is 0.0978. The van der Waals surface area contributed by atoms with Crippen LogP contribution in [-0.4, -0.2) is 40.1 Å². The molecule has 8 nitrogen and oxygen atoms in total. The average Bonchev–Trinajstić information content (AvgIpc) is 3.21. The lowest BCUT2D eigenvalue weighted by Gasteiger charge is -2.19. The summed E-state index contributed by atoms with van der Waals surface area (Å²) in [5.74, 6) is -0.0939. The number of hydrogen-bond acceptors (Lipinski definition) is 8. The molecule has 0 saturated carbocycles. The summed E-state index contributed by atoms with van der Waals surface area (Å²) >= 11 is 1.46. The highest BCUT2D eigenvalue weighted by Gasteiger charge is 2.25. The molecule has 1 amide bonds. The number of ether oxygens (including phenoxy) is 2. The number of rotatable bonds is 6. The molecule has 0 N–H and O–H groups in total. The molecule has 0 unspecified atom stereocenters. The number of carbonyl (C=O) groups is 1. The second-order valence-corrected chi connectivity index (χ2v) is 7.97. The van der Waals surface area contributed by atoms with Crippen LogP contribution in [0, 0.1) is 13.8 Å². The minimum absolute atomic E-state index is 0.0554. The number of amides is 1. The number of fused-ring (bicyclic) bond motifs is 1. The smallest absolute Gasteiger partial charge is 0.320 e. The van der Waals surface area contributed by atoms with E-state index in [9.17, 15) is 4.79 Å². The van der Waals surface area contributed by atoms with Gasteiger partial charge in [0.2, 0.25) is 5.88 Å². The molecule has 4 rings (SSSR count). The topological polar surface area (TPSA) is 90.3 Å². The highest BCUT2D eigenvalue weighted by molar-refractivity contribution is 7.22. The van der Waals surface area contributed by atoms with Crippen molar-refractivity contribution in [1.82, 2.24) is 19.9 Å². The number of pyridine rings is 1. The van der Waals surface area contributed by atoms with E-state index >= 15 is 0 Å². The number of aryl methyl sites for hydroxylation is 2. The van der Waals surface area contributed by atoms with Crippen molar-refractivity contribution in [3.8, 4) is 11.9 Å². The van der Waals surface area contributed by atoms with Crippen LogP contribution in [0.25, 0.3) is 10.2 Å². The molecule has 0 radical (unpaired) electrons. The van der Waals surface area contributed by atoms with E-state index in [0.717, 1.165) is 26.9 Å². The average molecular weight is 436 g/mol. The Labute approximate surface area is 183 Å². The number of nitrogens with zero attached hydrogens (tertiary/aromatic N) is 5. The Balaban J connectivity index is 1.82. The molecule has 4 aromatic rings. The summed E-state index contributed by atoms with van der Waals surface area (Å²) in [7, 11) is 2.91. The lowest BCUT2D eigenvalue weighted by atomic mass is 10.1. The molecular formula is C22H21N5O3S. The third-order valence-electron chi connectivity index (χ3n) is 4.65. The fourth-order valence-electron chi connectivity index (χ4n) is 3.22. The van der Waals surface area contributed by atoms with Gasteiger partial charge in [-0.1, -0.05) is 23.5 Å². The molecule has 0 fully saturated rings. The molecule has 31 heavy (non-hydrogen) atoms. The quantitative estimate of drug-likeness (QED) is 0.453. The van der Waals surface area contributed by atoms with Gasteiger partial charge in [-0.15, -0.1) is 0 Å². The van der Waals surface area contributed by atoms with Crippen LogP contribution >= 0.6 is 11.3 Å². The number of aromatic nitrogens is 4. The van der Waals surface area contributed by atoms with Crippen LogP contribution in [0.5, 0.6) is 11.9 Å². The fraction of sp³-hybridized carbons (Fsp3) is 0.227. The minimum atomic E-state index is -0.337. The maximum absolute atomic E-state index is 13.6. The molecule has 9 heteroatoms.